The number of anilines is 1. The van der Waals surface area contributed by atoms with Crippen molar-refractivity contribution in [2.24, 2.45) is 0 Å². The molecule has 1 aliphatic heterocycles. The van der Waals surface area contributed by atoms with Gasteiger partial charge in [0.25, 0.3) is 5.91 Å². The minimum atomic E-state index is -3.28. The van der Waals surface area contributed by atoms with Crippen LogP contribution in [0.1, 0.15) is 19.8 Å². The first-order valence-electron chi connectivity index (χ1n) is 7.28. The zero-order valence-corrected chi connectivity index (χ0v) is 14.0. The van der Waals surface area contributed by atoms with E-state index >= 15 is 0 Å². The van der Waals surface area contributed by atoms with E-state index in [4.69, 9.17) is 4.74 Å². The summed E-state index contributed by atoms with van der Waals surface area (Å²) in [6, 6.07) is 6.66. The van der Waals surface area contributed by atoms with Crippen LogP contribution in [0.25, 0.3) is 0 Å². The molecule has 0 radical (unpaired) electrons. The molecular weight excluding hydrogens is 304 g/mol. The zero-order valence-electron chi connectivity index (χ0n) is 13.2. The van der Waals surface area contributed by atoms with Crippen molar-refractivity contribution in [3.63, 3.8) is 0 Å². The van der Waals surface area contributed by atoms with Crippen molar-refractivity contribution < 1.29 is 17.9 Å². The fourth-order valence-corrected chi connectivity index (χ4v) is 2.88. The van der Waals surface area contributed by atoms with E-state index in [9.17, 15) is 13.2 Å². The Morgan fingerprint density at radius 3 is 2.27 bits per heavy atom. The van der Waals surface area contributed by atoms with Crippen LogP contribution in [0.15, 0.2) is 24.3 Å². The second-order valence-corrected chi connectivity index (χ2v) is 7.53. The summed E-state index contributed by atoms with van der Waals surface area (Å²) in [5.74, 6) is 0.542. The molecule has 1 atom stereocenters. The zero-order chi connectivity index (χ0) is 16.3. The highest BCUT2D eigenvalue weighted by atomic mass is 32.2. The van der Waals surface area contributed by atoms with Gasteiger partial charge in [-0.2, -0.15) is 0 Å². The first kappa shape index (κ1) is 16.6. The number of hydrogen-bond acceptors (Lipinski definition) is 4. The molecule has 0 saturated carbocycles. The lowest BCUT2D eigenvalue weighted by molar-refractivity contribution is -0.136. The van der Waals surface area contributed by atoms with Gasteiger partial charge in [-0.1, -0.05) is 0 Å². The Kier molecular flexibility index (Phi) is 4.95. The number of hydrogen-bond donors (Lipinski definition) is 0. The van der Waals surface area contributed by atoms with Gasteiger partial charge in [-0.25, -0.2) is 8.42 Å². The van der Waals surface area contributed by atoms with E-state index in [0.717, 1.165) is 32.2 Å². The highest BCUT2D eigenvalue weighted by Gasteiger charge is 2.24. The van der Waals surface area contributed by atoms with Crippen molar-refractivity contribution in [3.8, 4) is 5.75 Å². The van der Waals surface area contributed by atoms with Gasteiger partial charge in [0, 0.05) is 20.1 Å². The molecule has 0 aliphatic carbocycles. The number of amides is 1. The summed E-state index contributed by atoms with van der Waals surface area (Å²) in [6.07, 6.45) is 2.70. The number of sulfonamides is 1. The molecule has 22 heavy (non-hydrogen) atoms. The Labute approximate surface area is 131 Å². The van der Waals surface area contributed by atoms with Crippen LogP contribution in [0, 0.1) is 0 Å². The summed E-state index contributed by atoms with van der Waals surface area (Å²) in [5.41, 5.74) is 0.549. The molecule has 1 heterocycles. The number of carbonyl (C=O) groups is 1. The smallest absolute Gasteiger partial charge is 0.263 e. The summed E-state index contributed by atoms with van der Waals surface area (Å²) in [6.45, 7) is 3.33. The maximum absolute atomic E-state index is 12.2. The minimum Gasteiger partial charge on any atom is -0.481 e. The van der Waals surface area contributed by atoms with Gasteiger partial charge in [0.2, 0.25) is 10.0 Å². The van der Waals surface area contributed by atoms with Crippen LogP contribution in [-0.4, -0.2) is 51.7 Å². The van der Waals surface area contributed by atoms with E-state index in [1.54, 1.807) is 31.2 Å². The Bertz CT molecular complexity index is 621. The molecule has 0 bridgehead atoms. The summed E-state index contributed by atoms with van der Waals surface area (Å²) < 4.78 is 29.8. The van der Waals surface area contributed by atoms with Gasteiger partial charge in [-0.05, 0) is 44.0 Å². The first-order valence-corrected chi connectivity index (χ1v) is 9.13. The second-order valence-electron chi connectivity index (χ2n) is 5.52. The fourth-order valence-electron chi connectivity index (χ4n) is 2.38. The van der Waals surface area contributed by atoms with Crippen LogP contribution in [0.3, 0.4) is 0 Å². The standard InChI is InChI=1S/C15H22N2O4S/c1-12(15(18)17-10-4-5-11-17)21-14-8-6-13(7-9-14)16(2)22(3,19)20/h6-9,12H,4-5,10-11H2,1-3H3/t12-/m1/s1. The fraction of sp³-hybridized carbons (Fsp3) is 0.533. The third-order valence-electron chi connectivity index (χ3n) is 3.78. The summed E-state index contributed by atoms with van der Waals surface area (Å²) in [7, 11) is -1.79. The van der Waals surface area contributed by atoms with Gasteiger partial charge < -0.3 is 9.64 Å². The summed E-state index contributed by atoms with van der Waals surface area (Å²) in [4.78, 5) is 14.0. The lowest BCUT2D eigenvalue weighted by Gasteiger charge is -2.22. The molecule has 0 spiro atoms. The molecule has 1 amide bonds. The normalized spacial score (nSPS) is 16.4. The Morgan fingerprint density at radius 1 is 1.23 bits per heavy atom. The van der Waals surface area contributed by atoms with Crippen LogP contribution >= 0.6 is 0 Å². The monoisotopic (exact) mass is 326 g/mol. The second kappa shape index (κ2) is 6.56. The highest BCUT2D eigenvalue weighted by Crippen LogP contribution is 2.21. The van der Waals surface area contributed by atoms with Gasteiger partial charge >= 0.3 is 0 Å². The van der Waals surface area contributed by atoms with Gasteiger partial charge in [-0.3, -0.25) is 9.10 Å². The molecule has 122 valence electrons. The third-order valence-corrected chi connectivity index (χ3v) is 4.98. The number of carbonyl (C=O) groups excluding carboxylic acids is 1. The average Bonchev–Trinajstić information content (AvgIpc) is 2.99. The van der Waals surface area contributed by atoms with E-state index < -0.39 is 16.1 Å². The molecule has 0 N–H and O–H groups in total. The molecule has 0 aromatic heterocycles. The van der Waals surface area contributed by atoms with Crippen molar-refractivity contribution in [1.29, 1.82) is 0 Å². The van der Waals surface area contributed by atoms with Crippen LogP contribution in [0.5, 0.6) is 5.75 Å². The minimum absolute atomic E-state index is 0.00479. The lowest BCUT2D eigenvalue weighted by atomic mass is 10.3. The predicted molar refractivity (Wildman–Crippen MR) is 85.6 cm³/mol. The molecule has 7 heteroatoms. The Hall–Kier alpha value is -1.76. The molecule has 0 unspecified atom stereocenters. The topological polar surface area (TPSA) is 66.9 Å². The number of benzene rings is 1. The van der Waals surface area contributed by atoms with Crippen molar-refractivity contribution in [2.75, 3.05) is 30.7 Å². The third kappa shape index (κ3) is 3.91. The van der Waals surface area contributed by atoms with Gasteiger partial charge in [-0.15, -0.1) is 0 Å². The Balaban J connectivity index is 2.00. The van der Waals surface area contributed by atoms with Crippen molar-refractivity contribution in [1.82, 2.24) is 4.90 Å². The van der Waals surface area contributed by atoms with Crippen LogP contribution in [0.4, 0.5) is 5.69 Å². The van der Waals surface area contributed by atoms with E-state index in [2.05, 4.69) is 0 Å². The number of ether oxygens (including phenoxy) is 1. The van der Waals surface area contributed by atoms with Crippen LogP contribution in [-0.2, 0) is 14.8 Å². The quantitative estimate of drug-likeness (QED) is 0.822. The molecular formula is C15H22N2O4S. The lowest BCUT2D eigenvalue weighted by Crippen LogP contribution is -2.38. The SMILES string of the molecule is C[C@@H](Oc1ccc(N(C)S(C)(=O)=O)cc1)C(=O)N1CCCC1. The number of likely N-dealkylation sites (tertiary alicyclic amines) is 1. The molecule has 1 aromatic carbocycles. The van der Waals surface area contributed by atoms with Crippen LogP contribution < -0.4 is 9.04 Å². The highest BCUT2D eigenvalue weighted by molar-refractivity contribution is 7.92. The van der Waals surface area contributed by atoms with Gasteiger partial charge in [0.05, 0.1) is 11.9 Å². The van der Waals surface area contributed by atoms with Crippen molar-refractivity contribution in [2.45, 2.75) is 25.9 Å². The van der Waals surface area contributed by atoms with Gasteiger partial charge in [0.1, 0.15) is 5.75 Å². The van der Waals surface area contributed by atoms with Crippen molar-refractivity contribution >= 4 is 21.6 Å². The predicted octanol–water partition coefficient (Wildman–Crippen LogP) is 1.47. The Morgan fingerprint density at radius 2 is 1.77 bits per heavy atom. The number of rotatable bonds is 5. The maximum Gasteiger partial charge on any atom is 0.263 e. The molecule has 1 aliphatic rings. The molecule has 6 nitrogen and oxygen atoms in total. The van der Waals surface area contributed by atoms with Crippen LogP contribution in [0.2, 0.25) is 0 Å². The van der Waals surface area contributed by atoms with E-state index in [1.165, 1.54) is 11.4 Å². The largest absolute Gasteiger partial charge is 0.481 e. The first-order chi connectivity index (χ1) is 10.3. The van der Waals surface area contributed by atoms with Crippen molar-refractivity contribution in [3.05, 3.63) is 24.3 Å². The molecule has 1 aromatic rings. The number of nitrogens with zero attached hydrogens (tertiary/aromatic N) is 2. The van der Waals surface area contributed by atoms with E-state index in [-0.39, 0.29) is 5.91 Å². The maximum atomic E-state index is 12.2. The van der Waals surface area contributed by atoms with Gasteiger partial charge in [0.15, 0.2) is 6.10 Å². The molecule has 1 saturated heterocycles. The summed E-state index contributed by atoms with van der Waals surface area (Å²) in [5, 5.41) is 0. The summed E-state index contributed by atoms with van der Waals surface area (Å²) >= 11 is 0. The molecule has 2 rings (SSSR count). The van der Waals surface area contributed by atoms with E-state index in [0.29, 0.717) is 11.4 Å². The van der Waals surface area contributed by atoms with E-state index in [1.807, 2.05) is 4.90 Å². The average molecular weight is 326 g/mol. The molecule has 1 fully saturated rings.